The molecule has 0 amide bonds. The third-order valence-electron chi connectivity index (χ3n) is 3.22. The van der Waals surface area contributed by atoms with Crippen LogP contribution in [0, 0.1) is 12.8 Å². The van der Waals surface area contributed by atoms with E-state index in [1.165, 1.54) is 37.9 Å². The highest BCUT2D eigenvalue weighted by Crippen LogP contribution is 2.21. The molecule has 2 N–H and O–H groups in total. The number of aromatic nitrogens is 1. The van der Waals surface area contributed by atoms with Gasteiger partial charge in [-0.25, -0.2) is 4.98 Å². The van der Waals surface area contributed by atoms with Gasteiger partial charge in [0.2, 0.25) is 0 Å². The number of rotatable bonds is 4. The van der Waals surface area contributed by atoms with Gasteiger partial charge in [-0.05, 0) is 72.8 Å². The quantitative estimate of drug-likeness (QED) is 0.897. The highest BCUT2D eigenvalue weighted by atomic mass is 79.9. The molecule has 0 bridgehead atoms. The summed E-state index contributed by atoms with van der Waals surface area (Å²) in [5.74, 6) is 1.78. The molecule has 1 fully saturated rings. The summed E-state index contributed by atoms with van der Waals surface area (Å²) in [5.41, 5.74) is 1.18. The lowest BCUT2D eigenvalue weighted by molar-refractivity contribution is 0.364. The number of halogens is 1. The minimum atomic E-state index is 0.820. The third-order valence-corrected chi connectivity index (χ3v) is 3.83. The number of hydrogen-bond acceptors (Lipinski definition) is 3. The molecular formula is C13H20BrN3. The molecule has 1 aliphatic rings. The lowest BCUT2D eigenvalue weighted by atomic mass is 9.96. The normalized spacial score (nSPS) is 20.2. The summed E-state index contributed by atoms with van der Waals surface area (Å²) in [7, 11) is 0. The Hall–Kier alpha value is -0.610. The molecule has 17 heavy (non-hydrogen) atoms. The lowest BCUT2D eigenvalue weighted by Crippen LogP contribution is -2.30. The number of nitrogens with one attached hydrogen (secondary N) is 2. The first-order chi connectivity index (χ1) is 8.25. The summed E-state index contributed by atoms with van der Waals surface area (Å²) < 4.78 is 1.05. The van der Waals surface area contributed by atoms with E-state index in [0.29, 0.717) is 0 Å². The maximum Gasteiger partial charge on any atom is 0.140 e. The van der Waals surface area contributed by atoms with Gasteiger partial charge < -0.3 is 10.6 Å². The van der Waals surface area contributed by atoms with Crippen molar-refractivity contribution in [1.82, 2.24) is 10.3 Å². The Morgan fingerprint density at radius 3 is 3.18 bits per heavy atom. The van der Waals surface area contributed by atoms with E-state index >= 15 is 0 Å². The Balaban J connectivity index is 1.77. The minimum absolute atomic E-state index is 0.820. The zero-order chi connectivity index (χ0) is 12.1. The van der Waals surface area contributed by atoms with Gasteiger partial charge in [-0.15, -0.1) is 0 Å². The van der Waals surface area contributed by atoms with Crippen LogP contribution in [0.25, 0.3) is 0 Å². The monoisotopic (exact) mass is 297 g/mol. The Labute approximate surface area is 112 Å². The van der Waals surface area contributed by atoms with E-state index in [9.17, 15) is 0 Å². The molecule has 0 spiro atoms. The number of pyridine rings is 1. The maximum atomic E-state index is 4.39. The molecule has 2 rings (SSSR count). The van der Waals surface area contributed by atoms with Crippen molar-refractivity contribution in [2.24, 2.45) is 5.92 Å². The van der Waals surface area contributed by atoms with Crippen molar-refractivity contribution in [2.45, 2.75) is 26.2 Å². The number of anilines is 1. The smallest absolute Gasteiger partial charge is 0.140 e. The first kappa shape index (κ1) is 12.8. The molecule has 3 nitrogen and oxygen atoms in total. The van der Waals surface area contributed by atoms with Crippen LogP contribution < -0.4 is 10.6 Å². The number of piperidine rings is 1. The van der Waals surface area contributed by atoms with Gasteiger partial charge in [0.15, 0.2) is 0 Å². The molecule has 0 saturated carbocycles. The highest BCUT2D eigenvalue weighted by molar-refractivity contribution is 9.10. The average Bonchev–Trinajstić information content (AvgIpc) is 2.33. The molecule has 0 radical (unpaired) electrons. The van der Waals surface area contributed by atoms with Crippen molar-refractivity contribution < 1.29 is 0 Å². The van der Waals surface area contributed by atoms with Gasteiger partial charge in [-0.2, -0.15) is 0 Å². The van der Waals surface area contributed by atoms with Crippen LogP contribution in [-0.4, -0.2) is 24.6 Å². The summed E-state index contributed by atoms with van der Waals surface area (Å²) in [6.07, 6.45) is 5.79. The SMILES string of the molecule is Cc1cnc(NCCC2CCCNC2)c(Br)c1. The summed E-state index contributed by atoms with van der Waals surface area (Å²) in [6.45, 7) is 5.41. The molecule has 1 atom stereocenters. The fraction of sp³-hybridized carbons (Fsp3) is 0.615. The van der Waals surface area contributed by atoms with E-state index in [1.54, 1.807) is 0 Å². The molecule has 94 valence electrons. The van der Waals surface area contributed by atoms with Crippen LogP contribution in [0.4, 0.5) is 5.82 Å². The van der Waals surface area contributed by atoms with Crippen molar-refractivity contribution >= 4 is 21.7 Å². The van der Waals surface area contributed by atoms with Gasteiger partial charge in [0.25, 0.3) is 0 Å². The summed E-state index contributed by atoms with van der Waals surface area (Å²) in [5, 5.41) is 6.85. The fourth-order valence-electron chi connectivity index (χ4n) is 2.23. The van der Waals surface area contributed by atoms with Crippen LogP contribution in [-0.2, 0) is 0 Å². The van der Waals surface area contributed by atoms with Gasteiger partial charge >= 0.3 is 0 Å². The molecule has 1 aromatic heterocycles. The van der Waals surface area contributed by atoms with Crippen LogP contribution in [0.3, 0.4) is 0 Å². The predicted molar refractivity (Wildman–Crippen MR) is 75.4 cm³/mol. The van der Waals surface area contributed by atoms with Gasteiger partial charge in [-0.3, -0.25) is 0 Å². The maximum absolute atomic E-state index is 4.39. The Bertz CT molecular complexity index is 362. The Kier molecular flexibility index (Phi) is 4.80. The van der Waals surface area contributed by atoms with Crippen LogP contribution in [0.1, 0.15) is 24.8 Å². The summed E-state index contributed by atoms with van der Waals surface area (Å²) in [6, 6.07) is 2.09. The summed E-state index contributed by atoms with van der Waals surface area (Å²) in [4.78, 5) is 4.39. The van der Waals surface area contributed by atoms with E-state index in [1.807, 2.05) is 6.20 Å². The predicted octanol–water partition coefficient (Wildman–Crippen LogP) is 2.95. The van der Waals surface area contributed by atoms with Crippen molar-refractivity contribution in [2.75, 3.05) is 25.0 Å². The third kappa shape index (κ3) is 3.96. The molecule has 2 heterocycles. The van der Waals surface area contributed by atoms with Gasteiger partial charge in [0.05, 0.1) is 4.47 Å². The lowest BCUT2D eigenvalue weighted by Gasteiger charge is -2.22. The van der Waals surface area contributed by atoms with Gasteiger partial charge in [-0.1, -0.05) is 0 Å². The second kappa shape index (κ2) is 6.36. The van der Waals surface area contributed by atoms with E-state index < -0.39 is 0 Å². The number of aryl methyl sites for hydroxylation is 1. The molecule has 0 aliphatic carbocycles. The second-order valence-electron chi connectivity index (χ2n) is 4.77. The molecule has 0 aromatic carbocycles. The molecule has 1 unspecified atom stereocenters. The van der Waals surface area contributed by atoms with Crippen molar-refractivity contribution in [1.29, 1.82) is 0 Å². The molecule has 1 saturated heterocycles. The highest BCUT2D eigenvalue weighted by Gasteiger charge is 2.12. The zero-order valence-electron chi connectivity index (χ0n) is 10.3. The van der Waals surface area contributed by atoms with Crippen LogP contribution in [0.2, 0.25) is 0 Å². The van der Waals surface area contributed by atoms with E-state index in [0.717, 1.165) is 22.8 Å². The van der Waals surface area contributed by atoms with Crippen LogP contribution in [0.5, 0.6) is 0 Å². The molecule has 1 aromatic rings. The van der Waals surface area contributed by atoms with Crippen molar-refractivity contribution in [3.05, 3.63) is 22.3 Å². The Morgan fingerprint density at radius 2 is 2.47 bits per heavy atom. The first-order valence-corrected chi connectivity index (χ1v) is 7.12. The number of nitrogens with zero attached hydrogens (tertiary/aromatic N) is 1. The van der Waals surface area contributed by atoms with Crippen LogP contribution >= 0.6 is 15.9 Å². The van der Waals surface area contributed by atoms with Crippen LogP contribution in [0.15, 0.2) is 16.7 Å². The van der Waals surface area contributed by atoms with Gasteiger partial charge in [0, 0.05) is 12.7 Å². The van der Waals surface area contributed by atoms with E-state index in [2.05, 4.69) is 44.5 Å². The topological polar surface area (TPSA) is 37.0 Å². The molecule has 4 heteroatoms. The standard InChI is InChI=1S/C13H20BrN3/c1-10-7-12(14)13(17-8-10)16-6-4-11-3-2-5-15-9-11/h7-8,11,15H,2-6,9H2,1H3,(H,16,17). The van der Waals surface area contributed by atoms with Crippen molar-refractivity contribution in [3.8, 4) is 0 Å². The van der Waals surface area contributed by atoms with Gasteiger partial charge in [0.1, 0.15) is 5.82 Å². The summed E-state index contributed by atoms with van der Waals surface area (Å²) >= 11 is 3.54. The molecular weight excluding hydrogens is 278 g/mol. The van der Waals surface area contributed by atoms with E-state index in [4.69, 9.17) is 0 Å². The number of hydrogen-bond donors (Lipinski definition) is 2. The zero-order valence-corrected chi connectivity index (χ0v) is 11.9. The molecule has 1 aliphatic heterocycles. The Morgan fingerprint density at radius 1 is 1.59 bits per heavy atom. The first-order valence-electron chi connectivity index (χ1n) is 6.32. The average molecular weight is 298 g/mol. The largest absolute Gasteiger partial charge is 0.369 e. The minimum Gasteiger partial charge on any atom is -0.369 e. The van der Waals surface area contributed by atoms with Crippen molar-refractivity contribution in [3.63, 3.8) is 0 Å². The van der Waals surface area contributed by atoms with E-state index in [-0.39, 0.29) is 0 Å². The second-order valence-corrected chi connectivity index (χ2v) is 5.63. The fourth-order valence-corrected chi connectivity index (χ4v) is 2.83.